The third-order valence-corrected chi connectivity index (χ3v) is 6.27. The lowest BCUT2D eigenvalue weighted by molar-refractivity contribution is 0.379. The van der Waals surface area contributed by atoms with Gasteiger partial charge in [0, 0.05) is 8.07 Å². The Bertz CT molecular complexity index is 115. The SMILES string of the molecule is C[Si](C)(C)[C@H]1CC[C@H](C)CC1. The molecule has 0 amide bonds. The van der Waals surface area contributed by atoms with Crippen LogP contribution in [0.25, 0.3) is 0 Å². The molecule has 1 saturated carbocycles. The maximum absolute atomic E-state index is 2.52. The van der Waals surface area contributed by atoms with Crippen LogP contribution in [0.15, 0.2) is 0 Å². The molecule has 0 aromatic carbocycles. The number of hydrogen-bond acceptors (Lipinski definition) is 0. The van der Waals surface area contributed by atoms with Crippen molar-refractivity contribution in [1.82, 2.24) is 0 Å². The van der Waals surface area contributed by atoms with Crippen molar-refractivity contribution in [3.63, 3.8) is 0 Å². The molecule has 0 atom stereocenters. The van der Waals surface area contributed by atoms with Gasteiger partial charge in [0.25, 0.3) is 0 Å². The fraction of sp³-hybridized carbons (Fsp3) is 1.00. The first-order chi connectivity index (χ1) is 5.00. The molecule has 66 valence electrons. The fourth-order valence-electron chi connectivity index (χ4n) is 2.13. The van der Waals surface area contributed by atoms with Gasteiger partial charge in [-0.2, -0.15) is 0 Å². The maximum Gasteiger partial charge on any atom is 0.0473 e. The van der Waals surface area contributed by atoms with E-state index in [0.717, 1.165) is 11.5 Å². The van der Waals surface area contributed by atoms with Gasteiger partial charge < -0.3 is 0 Å². The third-order valence-electron chi connectivity index (χ3n) is 3.24. The van der Waals surface area contributed by atoms with E-state index in [4.69, 9.17) is 0 Å². The molecule has 0 unspecified atom stereocenters. The summed E-state index contributed by atoms with van der Waals surface area (Å²) in [5, 5.41) is 0. The zero-order chi connectivity index (χ0) is 8.48. The average molecular weight is 170 g/mol. The first-order valence-electron chi connectivity index (χ1n) is 5.00. The van der Waals surface area contributed by atoms with Gasteiger partial charge in [0.1, 0.15) is 0 Å². The second kappa shape index (κ2) is 3.30. The minimum Gasteiger partial charge on any atom is -0.0693 e. The van der Waals surface area contributed by atoms with Crippen molar-refractivity contribution in [1.29, 1.82) is 0 Å². The lowest BCUT2D eigenvalue weighted by Crippen LogP contribution is -2.30. The van der Waals surface area contributed by atoms with Crippen molar-refractivity contribution in [2.45, 2.75) is 57.8 Å². The Labute approximate surface area is 72.4 Å². The summed E-state index contributed by atoms with van der Waals surface area (Å²) < 4.78 is 0. The highest BCUT2D eigenvalue weighted by Gasteiger charge is 2.29. The Morgan fingerprint density at radius 2 is 1.36 bits per heavy atom. The summed E-state index contributed by atoms with van der Waals surface area (Å²) in [6, 6.07) is 0. The molecule has 0 aromatic heterocycles. The van der Waals surface area contributed by atoms with E-state index in [1.165, 1.54) is 25.7 Å². The summed E-state index contributed by atoms with van der Waals surface area (Å²) in [5.74, 6) is 1.02. The Kier molecular flexibility index (Phi) is 2.79. The summed E-state index contributed by atoms with van der Waals surface area (Å²) in [6.07, 6.45) is 6.04. The van der Waals surface area contributed by atoms with Gasteiger partial charge in [-0.3, -0.25) is 0 Å². The fourth-order valence-corrected chi connectivity index (χ4v) is 4.19. The first kappa shape index (κ1) is 9.31. The van der Waals surface area contributed by atoms with E-state index in [1.807, 2.05) is 0 Å². The second-order valence-electron chi connectivity index (χ2n) is 5.32. The van der Waals surface area contributed by atoms with E-state index in [0.29, 0.717) is 0 Å². The van der Waals surface area contributed by atoms with Gasteiger partial charge in [-0.05, 0) is 11.5 Å². The number of hydrogen-bond donors (Lipinski definition) is 0. The summed E-state index contributed by atoms with van der Waals surface area (Å²) in [6.45, 7) is 9.97. The normalized spacial score (nSPS) is 33.8. The highest BCUT2D eigenvalue weighted by molar-refractivity contribution is 6.77. The van der Waals surface area contributed by atoms with E-state index >= 15 is 0 Å². The molecule has 1 heteroatoms. The molecule has 0 radical (unpaired) electrons. The number of rotatable bonds is 1. The van der Waals surface area contributed by atoms with Gasteiger partial charge >= 0.3 is 0 Å². The van der Waals surface area contributed by atoms with Crippen molar-refractivity contribution in [3.05, 3.63) is 0 Å². The van der Waals surface area contributed by atoms with Gasteiger partial charge in [0.2, 0.25) is 0 Å². The van der Waals surface area contributed by atoms with Gasteiger partial charge in [-0.15, -0.1) is 0 Å². The molecule has 1 rings (SSSR count). The molecule has 0 aliphatic heterocycles. The van der Waals surface area contributed by atoms with Crippen LogP contribution >= 0.6 is 0 Å². The van der Waals surface area contributed by atoms with Crippen LogP contribution in [0, 0.1) is 5.92 Å². The molecular weight excluding hydrogens is 148 g/mol. The lowest BCUT2D eigenvalue weighted by Gasteiger charge is -2.34. The summed E-state index contributed by atoms with van der Waals surface area (Å²) in [7, 11) is -0.786. The van der Waals surface area contributed by atoms with Crippen molar-refractivity contribution >= 4 is 8.07 Å². The largest absolute Gasteiger partial charge is 0.0693 e. The third kappa shape index (κ3) is 2.62. The molecule has 0 aromatic rings. The van der Waals surface area contributed by atoms with Crippen LogP contribution in [-0.2, 0) is 0 Å². The minimum atomic E-state index is -0.786. The van der Waals surface area contributed by atoms with Crippen LogP contribution in [0.3, 0.4) is 0 Å². The van der Waals surface area contributed by atoms with Crippen LogP contribution in [0.2, 0.25) is 25.2 Å². The molecule has 0 bridgehead atoms. The smallest absolute Gasteiger partial charge is 0.0473 e. The van der Waals surface area contributed by atoms with Gasteiger partial charge in [-0.1, -0.05) is 52.2 Å². The molecule has 0 nitrogen and oxygen atoms in total. The molecular formula is C10H22Si. The van der Waals surface area contributed by atoms with Gasteiger partial charge in [0.15, 0.2) is 0 Å². The Morgan fingerprint density at radius 1 is 0.909 bits per heavy atom. The monoisotopic (exact) mass is 170 g/mol. The lowest BCUT2D eigenvalue weighted by atomic mass is 9.90. The first-order valence-corrected chi connectivity index (χ1v) is 8.58. The Hall–Kier alpha value is 0.217. The second-order valence-corrected chi connectivity index (χ2v) is 10.9. The summed E-state index contributed by atoms with van der Waals surface area (Å²) in [5.41, 5.74) is 1.12. The molecule has 11 heavy (non-hydrogen) atoms. The Balaban J connectivity index is 2.39. The van der Waals surface area contributed by atoms with Crippen LogP contribution < -0.4 is 0 Å². The van der Waals surface area contributed by atoms with Crippen molar-refractivity contribution in [2.24, 2.45) is 5.92 Å². The van der Waals surface area contributed by atoms with E-state index in [1.54, 1.807) is 0 Å². The predicted molar refractivity (Wildman–Crippen MR) is 54.7 cm³/mol. The predicted octanol–water partition coefficient (Wildman–Crippen LogP) is 3.90. The molecule has 1 aliphatic carbocycles. The maximum atomic E-state index is 2.52. The van der Waals surface area contributed by atoms with Gasteiger partial charge in [-0.25, -0.2) is 0 Å². The molecule has 1 fully saturated rings. The molecule has 1 aliphatic rings. The van der Waals surface area contributed by atoms with E-state index in [9.17, 15) is 0 Å². The highest BCUT2D eigenvalue weighted by Crippen LogP contribution is 2.38. The van der Waals surface area contributed by atoms with E-state index in [2.05, 4.69) is 26.6 Å². The van der Waals surface area contributed by atoms with E-state index < -0.39 is 8.07 Å². The van der Waals surface area contributed by atoms with Crippen LogP contribution in [0.5, 0.6) is 0 Å². The molecule has 0 saturated heterocycles. The zero-order valence-electron chi connectivity index (χ0n) is 8.48. The van der Waals surface area contributed by atoms with Gasteiger partial charge in [0.05, 0.1) is 0 Å². The highest BCUT2D eigenvalue weighted by atomic mass is 28.3. The topological polar surface area (TPSA) is 0 Å². The van der Waals surface area contributed by atoms with Crippen molar-refractivity contribution < 1.29 is 0 Å². The summed E-state index contributed by atoms with van der Waals surface area (Å²) in [4.78, 5) is 0. The summed E-state index contributed by atoms with van der Waals surface area (Å²) >= 11 is 0. The van der Waals surface area contributed by atoms with Crippen LogP contribution in [0.4, 0.5) is 0 Å². The van der Waals surface area contributed by atoms with Crippen LogP contribution in [0.1, 0.15) is 32.6 Å². The molecule has 0 N–H and O–H groups in total. The van der Waals surface area contributed by atoms with Crippen molar-refractivity contribution in [2.75, 3.05) is 0 Å². The zero-order valence-corrected chi connectivity index (χ0v) is 9.48. The standard InChI is InChI=1S/C10H22Si/c1-9-5-7-10(8-6-9)11(2,3)4/h9-10H,5-8H2,1-4H3/t9-,10-. The average Bonchev–Trinajstić information content (AvgIpc) is 1.86. The van der Waals surface area contributed by atoms with Crippen molar-refractivity contribution in [3.8, 4) is 0 Å². The quantitative estimate of drug-likeness (QED) is 0.524. The minimum absolute atomic E-state index is 0.786. The molecule has 0 spiro atoms. The molecule has 0 heterocycles. The van der Waals surface area contributed by atoms with E-state index in [-0.39, 0.29) is 0 Å². The Morgan fingerprint density at radius 3 is 1.73 bits per heavy atom. The van der Waals surface area contributed by atoms with Crippen LogP contribution in [-0.4, -0.2) is 8.07 Å².